The Bertz CT molecular complexity index is 758. The van der Waals surface area contributed by atoms with Crippen LogP contribution in [0.25, 0.3) is 0 Å². The Balaban J connectivity index is 2.46. The Morgan fingerprint density at radius 1 is 1.05 bits per heavy atom. The molecule has 2 aromatic rings. The molecule has 2 rings (SSSR count). The quantitative estimate of drug-likeness (QED) is 0.789. The summed E-state index contributed by atoms with van der Waals surface area (Å²) in [6.07, 6.45) is 0. The smallest absolute Gasteiger partial charge is 0.262 e. The van der Waals surface area contributed by atoms with Gasteiger partial charge in [-0.1, -0.05) is 44.0 Å². The van der Waals surface area contributed by atoms with E-state index in [2.05, 4.69) is 36.6 Å². The lowest BCUT2D eigenvalue weighted by Gasteiger charge is -2.13. The van der Waals surface area contributed by atoms with Crippen LogP contribution < -0.4 is 4.72 Å². The summed E-state index contributed by atoms with van der Waals surface area (Å²) in [5, 5.41) is 0. The van der Waals surface area contributed by atoms with E-state index in [0.717, 1.165) is 14.5 Å². The van der Waals surface area contributed by atoms with E-state index in [1.807, 2.05) is 19.1 Å². The Labute approximate surface area is 135 Å². The van der Waals surface area contributed by atoms with Gasteiger partial charge in [0.25, 0.3) is 10.0 Å². The monoisotopic (exact) mass is 417 g/mol. The molecule has 3 nitrogen and oxygen atoms in total. The summed E-state index contributed by atoms with van der Waals surface area (Å²) in [6.45, 7) is 3.63. The number of benzene rings is 2. The maximum absolute atomic E-state index is 12.5. The minimum atomic E-state index is -3.61. The Morgan fingerprint density at radius 2 is 1.75 bits per heavy atom. The van der Waals surface area contributed by atoms with Crippen LogP contribution in [0, 0.1) is 13.8 Å². The van der Waals surface area contributed by atoms with Crippen LogP contribution in [0.5, 0.6) is 0 Å². The lowest BCUT2D eigenvalue weighted by molar-refractivity contribution is 0.600. The fourth-order valence-electron chi connectivity index (χ4n) is 1.78. The number of hydrogen-bond acceptors (Lipinski definition) is 2. The van der Waals surface area contributed by atoms with Crippen molar-refractivity contribution in [1.29, 1.82) is 0 Å². The van der Waals surface area contributed by atoms with Gasteiger partial charge < -0.3 is 0 Å². The van der Waals surface area contributed by atoms with Crippen LogP contribution in [0.15, 0.2) is 50.2 Å². The molecule has 0 unspecified atom stereocenters. The molecule has 0 aromatic heterocycles. The van der Waals surface area contributed by atoms with Gasteiger partial charge in [0, 0.05) is 8.95 Å². The average Bonchev–Trinajstić information content (AvgIpc) is 2.37. The van der Waals surface area contributed by atoms with E-state index in [1.54, 1.807) is 31.2 Å². The molecule has 0 spiro atoms. The minimum Gasteiger partial charge on any atom is -0.279 e. The van der Waals surface area contributed by atoms with Crippen molar-refractivity contribution < 1.29 is 8.42 Å². The van der Waals surface area contributed by atoms with Gasteiger partial charge in [-0.25, -0.2) is 8.42 Å². The second-order valence-corrected chi connectivity index (χ2v) is 7.85. The second-order valence-electron chi connectivity index (χ2n) is 4.43. The fraction of sp³-hybridized carbons (Fsp3) is 0.143. The van der Waals surface area contributed by atoms with Gasteiger partial charge in [-0.05, 0) is 49.2 Å². The molecule has 1 N–H and O–H groups in total. The summed E-state index contributed by atoms with van der Waals surface area (Å²) >= 11 is 6.69. The number of nitrogens with one attached hydrogen (secondary N) is 1. The molecule has 106 valence electrons. The van der Waals surface area contributed by atoms with Crippen LogP contribution in [0.4, 0.5) is 5.69 Å². The first-order chi connectivity index (χ1) is 9.31. The molecule has 0 saturated carbocycles. The third kappa shape index (κ3) is 3.24. The molecule has 6 heteroatoms. The van der Waals surface area contributed by atoms with Gasteiger partial charge in [-0.2, -0.15) is 0 Å². The standard InChI is InChI=1S/C14H13Br2NO2S/c1-9-6-7-11(15)8-14(9)20(18,19)17-13-5-3-4-12(16)10(13)2/h3-8,17H,1-2H3. The predicted molar refractivity (Wildman–Crippen MR) is 88.6 cm³/mol. The zero-order valence-corrected chi connectivity index (χ0v) is 14.9. The maximum Gasteiger partial charge on any atom is 0.262 e. The average molecular weight is 419 g/mol. The highest BCUT2D eigenvalue weighted by atomic mass is 79.9. The highest BCUT2D eigenvalue weighted by Crippen LogP contribution is 2.27. The van der Waals surface area contributed by atoms with Gasteiger partial charge in [0.15, 0.2) is 0 Å². The van der Waals surface area contributed by atoms with Crippen molar-refractivity contribution in [3.05, 3.63) is 56.5 Å². The van der Waals surface area contributed by atoms with Crippen LogP contribution >= 0.6 is 31.9 Å². The molecule has 0 saturated heterocycles. The first kappa shape index (κ1) is 15.5. The van der Waals surface area contributed by atoms with Crippen molar-refractivity contribution in [2.75, 3.05) is 4.72 Å². The number of aryl methyl sites for hydroxylation is 1. The lowest BCUT2D eigenvalue weighted by atomic mass is 10.2. The SMILES string of the molecule is Cc1ccc(Br)cc1S(=O)(=O)Nc1cccc(Br)c1C. The summed E-state index contributed by atoms with van der Waals surface area (Å²) < 4.78 is 29.2. The number of rotatable bonds is 3. The Morgan fingerprint density at radius 3 is 2.45 bits per heavy atom. The van der Waals surface area contributed by atoms with E-state index in [9.17, 15) is 8.42 Å². The van der Waals surface area contributed by atoms with Crippen molar-refractivity contribution in [2.45, 2.75) is 18.7 Å². The minimum absolute atomic E-state index is 0.270. The highest BCUT2D eigenvalue weighted by molar-refractivity contribution is 9.10. The number of anilines is 1. The molecule has 0 bridgehead atoms. The number of halogens is 2. The van der Waals surface area contributed by atoms with E-state index < -0.39 is 10.0 Å². The second kappa shape index (κ2) is 5.87. The molecule has 0 aliphatic carbocycles. The normalized spacial score (nSPS) is 11.4. The van der Waals surface area contributed by atoms with Crippen molar-refractivity contribution >= 4 is 47.6 Å². The zero-order chi connectivity index (χ0) is 14.9. The molecule has 0 fully saturated rings. The third-order valence-electron chi connectivity index (χ3n) is 2.95. The molecule has 0 atom stereocenters. The highest BCUT2D eigenvalue weighted by Gasteiger charge is 2.18. The van der Waals surface area contributed by atoms with E-state index in [-0.39, 0.29) is 4.90 Å². The molecular weight excluding hydrogens is 406 g/mol. The zero-order valence-electron chi connectivity index (χ0n) is 10.9. The third-order valence-corrected chi connectivity index (χ3v) is 5.81. The lowest BCUT2D eigenvalue weighted by Crippen LogP contribution is -2.15. The van der Waals surface area contributed by atoms with Gasteiger partial charge in [0.05, 0.1) is 10.6 Å². The largest absolute Gasteiger partial charge is 0.279 e. The topological polar surface area (TPSA) is 46.2 Å². The summed E-state index contributed by atoms with van der Waals surface area (Å²) in [6, 6.07) is 10.6. The van der Waals surface area contributed by atoms with Crippen LogP contribution in [-0.4, -0.2) is 8.42 Å². The summed E-state index contributed by atoms with van der Waals surface area (Å²) in [7, 11) is -3.61. The summed E-state index contributed by atoms with van der Waals surface area (Å²) in [4.78, 5) is 0.270. The van der Waals surface area contributed by atoms with E-state index in [0.29, 0.717) is 11.3 Å². The molecule has 2 aromatic carbocycles. The first-order valence-corrected chi connectivity index (χ1v) is 8.92. The maximum atomic E-state index is 12.5. The van der Waals surface area contributed by atoms with Crippen molar-refractivity contribution in [3.8, 4) is 0 Å². The molecule has 0 aliphatic rings. The van der Waals surface area contributed by atoms with E-state index in [1.165, 1.54) is 0 Å². The summed E-state index contributed by atoms with van der Waals surface area (Å²) in [5.74, 6) is 0. The fourth-order valence-corrected chi connectivity index (χ4v) is 4.05. The molecule has 20 heavy (non-hydrogen) atoms. The molecular formula is C14H13Br2NO2S. The van der Waals surface area contributed by atoms with Gasteiger partial charge in [-0.3, -0.25) is 4.72 Å². The van der Waals surface area contributed by atoms with E-state index >= 15 is 0 Å². The van der Waals surface area contributed by atoms with Gasteiger partial charge in [-0.15, -0.1) is 0 Å². The van der Waals surface area contributed by atoms with Gasteiger partial charge >= 0.3 is 0 Å². The number of hydrogen-bond donors (Lipinski definition) is 1. The van der Waals surface area contributed by atoms with Crippen LogP contribution in [0.2, 0.25) is 0 Å². The van der Waals surface area contributed by atoms with E-state index in [4.69, 9.17) is 0 Å². The van der Waals surface area contributed by atoms with Gasteiger partial charge in [0.2, 0.25) is 0 Å². The van der Waals surface area contributed by atoms with Crippen LogP contribution in [-0.2, 0) is 10.0 Å². The Kier molecular flexibility index (Phi) is 4.56. The molecule has 0 radical (unpaired) electrons. The first-order valence-electron chi connectivity index (χ1n) is 5.85. The Hall–Kier alpha value is -0.850. The number of sulfonamides is 1. The molecule has 0 heterocycles. The summed E-state index contributed by atoms with van der Waals surface area (Å²) in [5.41, 5.74) is 2.12. The van der Waals surface area contributed by atoms with Crippen LogP contribution in [0.1, 0.15) is 11.1 Å². The predicted octanol–water partition coefficient (Wildman–Crippen LogP) is 4.63. The van der Waals surface area contributed by atoms with Gasteiger partial charge in [0.1, 0.15) is 0 Å². The van der Waals surface area contributed by atoms with Crippen molar-refractivity contribution in [2.24, 2.45) is 0 Å². The molecule has 0 amide bonds. The molecule has 0 aliphatic heterocycles. The van der Waals surface area contributed by atoms with Crippen molar-refractivity contribution in [3.63, 3.8) is 0 Å². The van der Waals surface area contributed by atoms with Crippen LogP contribution in [0.3, 0.4) is 0 Å². The van der Waals surface area contributed by atoms with Crippen molar-refractivity contribution in [1.82, 2.24) is 0 Å².